The molecular formula is C23H27N. The zero-order valence-corrected chi connectivity index (χ0v) is 15.6. The van der Waals surface area contributed by atoms with Gasteiger partial charge in [-0.2, -0.15) is 0 Å². The molecule has 0 atom stereocenters. The Labute approximate surface area is 145 Å². The highest BCUT2D eigenvalue weighted by Crippen LogP contribution is 2.32. The summed E-state index contributed by atoms with van der Waals surface area (Å²) in [5.41, 5.74) is 6.26. The molecule has 2 aromatic carbocycles. The van der Waals surface area contributed by atoms with Gasteiger partial charge in [-0.3, -0.25) is 4.98 Å². The molecule has 0 aliphatic heterocycles. The molecule has 0 aliphatic rings. The highest BCUT2D eigenvalue weighted by atomic mass is 14.7. The molecule has 124 valence electrons. The number of rotatable bonds is 2. The lowest BCUT2D eigenvalue weighted by molar-refractivity contribution is 0.590. The molecule has 0 amide bonds. The maximum atomic E-state index is 5.03. The monoisotopic (exact) mass is 317 g/mol. The molecular weight excluding hydrogens is 290 g/mol. The molecule has 0 aliphatic carbocycles. The van der Waals surface area contributed by atoms with Crippen LogP contribution in [0.15, 0.2) is 48.5 Å². The largest absolute Gasteiger partial charge is 0.252 e. The third kappa shape index (κ3) is 3.21. The van der Waals surface area contributed by atoms with Crippen LogP contribution in [0.3, 0.4) is 0 Å². The van der Waals surface area contributed by atoms with Crippen molar-refractivity contribution >= 4 is 10.8 Å². The van der Waals surface area contributed by atoms with Crippen molar-refractivity contribution in [3.8, 4) is 11.3 Å². The van der Waals surface area contributed by atoms with Crippen LogP contribution in [0.5, 0.6) is 0 Å². The van der Waals surface area contributed by atoms with Crippen LogP contribution in [0.4, 0.5) is 0 Å². The average Bonchev–Trinajstić information content (AvgIpc) is 2.52. The Hall–Kier alpha value is -2.15. The smallest absolute Gasteiger partial charge is 0.0712 e. The fourth-order valence-corrected chi connectivity index (χ4v) is 3.18. The van der Waals surface area contributed by atoms with Gasteiger partial charge in [0, 0.05) is 10.9 Å². The van der Waals surface area contributed by atoms with Crippen molar-refractivity contribution in [2.24, 2.45) is 0 Å². The van der Waals surface area contributed by atoms with E-state index < -0.39 is 0 Å². The average molecular weight is 317 g/mol. The first-order valence-electron chi connectivity index (χ1n) is 8.78. The fourth-order valence-electron chi connectivity index (χ4n) is 3.18. The second-order valence-corrected chi connectivity index (χ2v) is 8.11. The Balaban J connectivity index is 2.25. The van der Waals surface area contributed by atoms with E-state index in [1.54, 1.807) is 0 Å². The molecule has 3 rings (SSSR count). The standard InChI is InChI=1S/C23H27N/c1-15(2)22-20-10-8-7-9-17(20)14-21(24-22)18-11-16(3)12-19(13-18)23(4,5)6/h7-15H,1-6H3. The van der Waals surface area contributed by atoms with Gasteiger partial charge < -0.3 is 0 Å². The minimum absolute atomic E-state index is 0.137. The van der Waals surface area contributed by atoms with Crippen molar-refractivity contribution in [3.05, 3.63) is 65.4 Å². The van der Waals surface area contributed by atoms with Crippen LogP contribution >= 0.6 is 0 Å². The molecule has 0 radical (unpaired) electrons. The van der Waals surface area contributed by atoms with E-state index in [9.17, 15) is 0 Å². The van der Waals surface area contributed by atoms with Crippen molar-refractivity contribution in [3.63, 3.8) is 0 Å². The molecule has 1 heterocycles. The predicted molar refractivity (Wildman–Crippen MR) is 105 cm³/mol. The first-order chi connectivity index (χ1) is 11.3. The first-order valence-corrected chi connectivity index (χ1v) is 8.78. The number of fused-ring (bicyclic) bond motifs is 1. The number of hydrogen-bond donors (Lipinski definition) is 0. The summed E-state index contributed by atoms with van der Waals surface area (Å²) in [7, 11) is 0. The van der Waals surface area contributed by atoms with E-state index in [4.69, 9.17) is 4.98 Å². The van der Waals surface area contributed by atoms with Gasteiger partial charge in [-0.15, -0.1) is 0 Å². The molecule has 1 heteroatoms. The maximum absolute atomic E-state index is 5.03. The Morgan fingerprint density at radius 2 is 1.62 bits per heavy atom. The van der Waals surface area contributed by atoms with Gasteiger partial charge in [0.25, 0.3) is 0 Å². The van der Waals surface area contributed by atoms with Crippen LogP contribution < -0.4 is 0 Å². The molecule has 0 unspecified atom stereocenters. The van der Waals surface area contributed by atoms with Crippen LogP contribution in [-0.4, -0.2) is 4.98 Å². The Kier molecular flexibility index (Phi) is 4.21. The van der Waals surface area contributed by atoms with Crippen molar-refractivity contribution in [1.29, 1.82) is 0 Å². The summed E-state index contributed by atoms with van der Waals surface area (Å²) >= 11 is 0. The van der Waals surface area contributed by atoms with Crippen molar-refractivity contribution in [2.75, 3.05) is 0 Å². The van der Waals surface area contributed by atoms with Crippen LogP contribution in [0, 0.1) is 6.92 Å². The quantitative estimate of drug-likeness (QED) is 0.517. The van der Waals surface area contributed by atoms with E-state index in [2.05, 4.69) is 90.1 Å². The number of benzene rings is 2. The molecule has 0 N–H and O–H groups in total. The SMILES string of the molecule is Cc1cc(-c2cc3ccccc3c(C(C)C)n2)cc(C(C)(C)C)c1. The third-order valence-corrected chi connectivity index (χ3v) is 4.56. The molecule has 0 saturated heterocycles. The van der Waals surface area contributed by atoms with Crippen LogP contribution in [0.2, 0.25) is 0 Å². The van der Waals surface area contributed by atoms with Crippen LogP contribution in [0.25, 0.3) is 22.0 Å². The number of pyridine rings is 1. The second kappa shape index (κ2) is 6.05. The zero-order chi connectivity index (χ0) is 17.5. The van der Waals surface area contributed by atoms with Gasteiger partial charge in [-0.1, -0.05) is 70.5 Å². The minimum atomic E-state index is 0.137. The fraction of sp³-hybridized carbons (Fsp3) is 0.348. The Morgan fingerprint density at radius 1 is 0.917 bits per heavy atom. The molecule has 24 heavy (non-hydrogen) atoms. The first kappa shape index (κ1) is 16.7. The lowest BCUT2D eigenvalue weighted by atomic mass is 9.84. The molecule has 1 nitrogen and oxygen atoms in total. The highest BCUT2D eigenvalue weighted by molar-refractivity contribution is 5.88. The molecule has 0 spiro atoms. The van der Waals surface area contributed by atoms with Crippen molar-refractivity contribution in [2.45, 2.75) is 52.9 Å². The molecule has 1 aromatic heterocycles. The van der Waals surface area contributed by atoms with E-state index in [-0.39, 0.29) is 5.41 Å². The Morgan fingerprint density at radius 3 is 2.29 bits per heavy atom. The summed E-state index contributed by atoms with van der Waals surface area (Å²) in [6.45, 7) is 13.4. The summed E-state index contributed by atoms with van der Waals surface area (Å²) in [6.07, 6.45) is 0. The minimum Gasteiger partial charge on any atom is -0.252 e. The van der Waals surface area contributed by atoms with E-state index >= 15 is 0 Å². The highest BCUT2D eigenvalue weighted by Gasteiger charge is 2.16. The van der Waals surface area contributed by atoms with Crippen LogP contribution in [-0.2, 0) is 5.41 Å². The topological polar surface area (TPSA) is 12.9 Å². The molecule has 0 saturated carbocycles. The number of nitrogens with zero attached hydrogens (tertiary/aromatic N) is 1. The van der Waals surface area contributed by atoms with Gasteiger partial charge in [0.2, 0.25) is 0 Å². The number of hydrogen-bond acceptors (Lipinski definition) is 1. The Bertz CT molecular complexity index is 882. The van der Waals surface area contributed by atoms with Gasteiger partial charge in [0.05, 0.1) is 11.4 Å². The summed E-state index contributed by atoms with van der Waals surface area (Å²) in [4.78, 5) is 5.03. The van der Waals surface area contributed by atoms with E-state index in [0.717, 1.165) is 5.69 Å². The second-order valence-electron chi connectivity index (χ2n) is 8.11. The van der Waals surface area contributed by atoms with Gasteiger partial charge in [0.1, 0.15) is 0 Å². The zero-order valence-electron chi connectivity index (χ0n) is 15.6. The number of aromatic nitrogens is 1. The van der Waals surface area contributed by atoms with Crippen LogP contribution in [0.1, 0.15) is 57.4 Å². The maximum Gasteiger partial charge on any atom is 0.0712 e. The van der Waals surface area contributed by atoms with E-state index in [1.165, 1.54) is 33.2 Å². The van der Waals surface area contributed by atoms with Crippen molar-refractivity contribution in [1.82, 2.24) is 4.98 Å². The third-order valence-electron chi connectivity index (χ3n) is 4.56. The van der Waals surface area contributed by atoms with E-state index in [1.807, 2.05) is 0 Å². The number of aryl methyl sites for hydroxylation is 1. The van der Waals surface area contributed by atoms with Gasteiger partial charge in [0.15, 0.2) is 0 Å². The molecule has 3 aromatic rings. The summed E-state index contributed by atoms with van der Waals surface area (Å²) < 4.78 is 0. The van der Waals surface area contributed by atoms with Crippen molar-refractivity contribution < 1.29 is 0 Å². The molecule has 0 bridgehead atoms. The summed E-state index contributed by atoms with van der Waals surface area (Å²) in [6, 6.07) is 17.6. The normalized spacial score (nSPS) is 12.1. The van der Waals surface area contributed by atoms with E-state index in [0.29, 0.717) is 5.92 Å². The van der Waals surface area contributed by atoms with Gasteiger partial charge >= 0.3 is 0 Å². The van der Waals surface area contributed by atoms with Gasteiger partial charge in [-0.05, 0) is 47.4 Å². The summed E-state index contributed by atoms with van der Waals surface area (Å²) in [5, 5.41) is 2.53. The summed E-state index contributed by atoms with van der Waals surface area (Å²) in [5.74, 6) is 0.404. The van der Waals surface area contributed by atoms with Gasteiger partial charge in [-0.25, -0.2) is 0 Å². The lowest BCUT2D eigenvalue weighted by Crippen LogP contribution is -2.11. The predicted octanol–water partition coefficient (Wildman–Crippen LogP) is 6.63. The molecule has 0 fully saturated rings. The lowest BCUT2D eigenvalue weighted by Gasteiger charge is -2.21.